The van der Waals surface area contributed by atoms with Crippen LogP contribution in [0.15, 0.2) is 18.3 Å². The molecule has 2 N–H and O–H groups in total. The summed E-state index contributed by atoms with van der Waals surface area (Å²) in [6, 6.07) is 3.46. The van der Waals surface area contributed by atoms with E-state index in [-0.39, 0.29) is 5.91 Å². The van der Waals surface area contributed by atoms with Gasteiger partial charge < -0.3 is 15.4 Å². The van der Waals surface area contributed by atoms with Gasteiger partial charge in [-0.3, -0.25) is 4.79 Å². The molecule has 0 fully saturated rings. The Morgan fingerprint density at radius 3 is 2.94 bits per heavy atom. The summed E-state index contributed by atoms with van der Waals surface area (Å²) in [6.45, 7) is 6.58. The van der Waals surface area contributed by atoms with Gasteiger partial charge in [-0.25, -0.2) is 4.98 Å². The third-order valence-electron chi connectivity index (χ3n) is 2.31. The fourth-order valence-corrected chi connectivity index (χ4v) is 1.40. The SMILES string of the molecule is CCCNc1cc(C(=O)NCCOCC)ccn1. The molecule has 1 amide bonds. The Bertz CT molecular complexity index is 369. The summed E-state index contributed by atoms with van der Waals surface area (Å²) in [6.07, 6.45) is 2.65. The number of carbonyl (C=O) groups is 1. The van der Waals surface area contributed by atoms with E-state index >= 15 is 0 Å². The quantitative estimate of drug-likeness (QED) is 0.690. The maximum absolute atomic E-state index is 11.8. The van der Waals surface area contributed by atoms with Crippen molar-refractivity contribution in [3.05, 3.63) is 23.9 Å². The topological polar surface area (TPSA) is 63.2 Å². The molecule has 0 aliphatic carbocycles. The molecule has 1 aromatic heterocycles. The van der Waals surface area contributed by atoms with Crippen LogP contribution in [0.5, 0.6) is 0 Å². The Morgan fingerprint density at radius 2 is 2.22 bits per heavy atom. The van der Waals surface area contributed by atoms with Crippen LogP contribution in [0.3, 0.4) is 0 Å². The zero-order valence-electron chi connectivity index (χ0n) is 11.0. The van der Waals surface area contributed by atoms with E-state index in [9.17, 15) is 4.79 Å². The third-order valence-corrected chi connectivity index (χ3v) is 2.31. The monoisotopic (exact) mass is 251 g/mol. The van der Waals surface area contributed by atoms with Crippen molar-refractivity contribution in [1.29, 1.82) is 0 Å². The molecule has 1 rings (SSSR count). The molecule has 0 saturated heterocycles. The van der Waals surface area contributed by atoms with Crippen molar-refractivity contribution in [3.63, 3.8) is 0 Å². The first kappa shape index (κ1) is 14.4. The summed E-state index contributed by atoms with van der Waals surface area (Å²) in [7, 11) is 0. The van der Waals surface area contributed by atoms with Crippen LogP contribution >= 0.6 is 0 Å². The molecule has 100 valence electrons. The van der Waals surface area contributed by atoms with Crippen LogP contribution in [0.4, 0.5) is 5.82 Å². The van der Waals surface area contributed by atoms with Crippen LogP contribution in [-0.4, -0.2) is 37.2 Å². The molecule has 1 heterocycles. The zero-order chi connectivity index (χ0) is 13.2. The molecule has 5 heteroatoms. The molecule has 0 unspecified atom stereocenters. The number of hydrogen-bond donors (Lipinski definition) is 2. The van der Waals surface area contributed by atoms with Crippen LogP contribution in [-0.2, 0) is 4.74 Å². The molecular formula is C13H21N3O2. The van der Waals surface area contributed by atoms with Gasteiger partial charge in [0, 0.05) is 31.5 Å². The number of hydrogen-bond acceptors (Lipinski definition) is 4. The van der Waals surface area contributed by atoms with E-state index in [0.717, 1.165) is 18.8 Å². The fraction of sp³-hybridized carbons (Fsp3) is 0.538. The molecule has 0 radical (unpaired) electrons. The van der Waals surface area contributed by atoms with Crippen molar-refractivity contribution in [2.45, 2.75) is 20.3 Å². The molecule has 0 saturated carbocycles. The zero-order valence-corrected chi connectivity index (χ0v) is 11.0. The van der Waals surface area contributed by atoms with Gasteiger partial charge in [0.15, 0.2) is 0 Å². The Kier molecular flexibility index (Phi) is 6.79. The minimum absolute atomic E-state index is 0.100. The molecule has 0 aliphatic heterocycles. The van der Waals surface area contributed by atoms with Gasteiger partial charge in [0.05, 0.1) is 6.61 Å². The highest BCUT2D eigenvalue weighted by Crippen LogP contribution is 2.06. The first-order chi connectivity index (χ1) is 8.77. The van der Waals surface area contributed by atoms with Gasteiger partial charge in [-0.2, -0.15) is 0 Å². The lowest BCUT2D eigenvalue weighted by atomic mass is 10.2. The number of nitrogens with one attached hydrogen (secondary N) is 2. The highest BCUT2D eigenvalue weighted by Gasteiger charge is 2.05. The minimum atomic E-state index is -0.100. The van der Waals surface area contributed by atoms with Crippen LogP contribution in [0, 0.1) is 0 Å². The van der Waals surface area contributed by atoms with Crippen molar-refractivity contribution in [3.8, 4) is 0 Å². The van der Waals surface area contributed by atoms with Gasteiger partial charge in [-0.1, -0.05) is 6.92 Å². The number of amides is 1. The minimum Gasteiger partial charge on any atom is -0.380 e. The standard InChI is InChI=1S/C13H21N3O2/c1-3-6-14-12-10-11(5-7-15-12)13(17)16-8-9-18-4-2/h5,7,10H,3-4,6,8-9H2,1-2H3,(H,14,15)(H,16,17). The second-order valence-corrected chi connectivity index (χ2v) is 3.81. The maximum Gasteiger partial charge on any atom is 0.251 e. The number of anilines is 1. The Labute approximate surface area is 108 Å². The highest BCUT2D eigenvalue weighted by molar-refractivity contribution is 5.94. The third kappa shape index (κ3) is 5.14. The molecule has 0 atom stereocenters. The van der Waals surface area contributed by atoms with Gasteiger partial charge >= 0.3 is 0 Å². The second kappa shape index (κ2) is 8.47. The van der Waals surface area contributed by atoms with Gasteiger partial charge in [-0.15, -0.1) is 0 Å². The van der Waals surface area contributed by atoms with Crippen molar-refractivity contribution in [2.75, 3.05) is 31.6 Å². The Balaban J connectivity index is 2.46. The van der Waals surface area contributed by atoms with Crippen LogP contribution < -0.4 is 10.6 Å². The summed E-state index contributed by atoms with van der Waals surface area (Å²) >= 11 is 0. The number of carbonyl (C=O) groups excluding carboxylic acids is 1. The highest BCUT2D eigenvalue weighted by atomic mass is 16.5. The van der Waals surface area contributed by atoms with Gasteiger partial charge in [0.25, 0.3) is 5.91 Å². The van der Waals surface area contributed by atoms with Crippen LogP contribution in [0.2, 0.25) is 0 Å². The summed E-state index contributed by atoms with van der Waals surface area (Å²) in [4.78, 5) is 16.0. The smallest absolute Gasteiger partial charge is 0.251 e. The largest absolute Gasteiger partial charge is 0.380 e. The normalized spacial score (nSPS) is 10.1. The average Bonchev–Trinajstić information content (AvgIpc) is 2.41. The predicted molar refractivity (Wildman–Crippen MR) is 71.8 cm³/mol. The summed E-state index contributed by atoms with van der Waals surface area (Å²) in [5.41, 5.74) is 0.611. The number of aromatic nitrogens is 1. The summed E-state index contributed by atoms with van der Waals surface area (Å²) in [5, 5.41) is 5.95. The van der Waals surface area contributed by atoms with E-state index in [1.807, 2.05) is 6.92 Å². The van der Waals surface area contributed by atoms with E-state index in [4.69, 9.17) is 4.74 Å². The first-order valence-corrected chi connectivity index (χ1v) is 6.33. The maximum atomic E-state index is 11.8. The van der Waals surface area contributed by atoms with Crippen molar-refractivity contribution in [1.82, 2.24) is 10.3 Å². The predicted octanol–water partition coefficient (Wildman–Crippen LogP) is 1.67. The van der Waals surface area contributed by atoms with Crippen LogP contribution in [0.25, 0.3) is 0 Å². The number of ether oxygens (including phenoxy) is 1. The average molecular weight is 251 g/mol. The van der Waals surface area contributed by atoms with Gasteiger partial charge in [0.2, 0.25) is 0 Å². The lowest BCUT2D eigenvalue weighted by Crippen LogP contribution is -2.27. The van der Waals surface area contributed by atoms with Crippen molar-refractivity contribution < 1.29 is 9.53 Å². The Hall–Kier alpha value is -1.62. The number of pyridine rings is 1. The molecule has 0 aliphatic rings. The van der Waals surface area contributed by atoms with Gasteiger partial charge in [-0.05, 0) is 25.5 Å². The molecular weight excluding hydrogens is 230 g/mol. The lowest BCUT2D eigenvalue weighted by Gasteiger charge is -2.07. The van der Waals surface area contributed by atoms with E-state index in [2.05, 4.69) is 22.5 Å². The van der Waals surface area contributed by atoms with E-state index in [0.29, 0.717) is 25.3 Å². The summed E-state index contributed by atoms with van der Waals surface area (Å²) in [5.74, 6) is 0.631. The van der Waals surface area contributed by atoms with E-state index in [1.54, 1.807) is 18.3 Å². The summed E-state index contributed by atoms with van der Waals surface area (Å²) < 4.78 is 5.16. The first-order valence-electron chi connectivity index (χ1n) is 6.33. The van der Waals surface area contributed by atoms with Gasteiger partial charge in [0.1, 0.15) is 5.82 Å². The van der Waals surface area contributed by atoms with E-state index < -0.39 is 0 Å². The van der Waals surface area contributed by atoms with E-state index in [1.165, 1.54) is 0 Å². The number of nitrogens with zero attached hydrogens (tertiary/aromatic N) is 1. The molecule has 0 aromatic carbocycles. The van der Waals surface area contributed by atoms with Crippen LogP contribution in [0.1, 0.15) is 30.6 Å². The molecule has 0 spiro atoms. The molecule has 1 aromatic rings. The molecule has 18 heavy (non-hydrogen) atoms. The number of rotatable bonds is 8. The fourth-order valence-electron chi connectivity index (χ4n) is 1.40. The second-order valence-electron chi connectivity index (χ2n) is 3.81. The lowest BCUT2D eigenvalue weighted by molar-refractivity contribution is 0.0922. The van der Waals surface area contributed by atoms with Crippen molar-refractivity contribution in [2.24, 2.45) is 0 Å². The van der Waals surface area contributed by atoms with Crippen molar-refractivity contribution >= 4 is 11.7 Å². The Morgan fingerprint density at radius 1 is 1.39 bits per heavy atom. The molecule has 0 bridgehead atoms. The molecule has 5 nitrogen and oxygen atoms in total.